The quantitative estimate of drug-likeness (QED) is 0.524. The Bertz CT molecular complexity index is 1190. The predicted octanol–water partition coefficient (Wildman–Crippen LogP) is 5.21. The normalized spacial score (nSPS) is 34.2. The predicted molar refractivity (Wildman–Crippen MR) is 157 cm³/mol. The molecule has 1 atom stereocenters. The molecule has 2 aromatic rings. The molecule has 0 unspecified atom stereocenters. The minimum Gasteiger partial charge on any atom is -0.376 e. The van der Waals surface area contributed by atoms with Gasteiger partial charge in [-0.2, -0.15) is 0 Å². The Kier molecular flexibility index (Phi) is 6.11. The molecule has 0 amide bonds. The maximum absolute atomic E-state index is 5.79. The number of ether oxygens (including phenoxy) is 1. The summed E-state index contributed by atoms with van der Waals surface area (Å²) < 4.78 is 5.78. The molecule has 8 heteroatoms. The van der Waals surface area contributed by atoms with Gasteiger partial charge in [0, 0.05) is 49.6 Å². The highest BCUT2D eigenvalue weighted by Crippen LogP contribution is 2.60. The smallest absolute Gasteiger partial charge is 0.169 e. The third kappa shape index (κ3) is 4.15. The van der Waals surface area contributed by atoms with Gasteiger partial charge in [0.25, 0.3) is 0 Å². The van der Waals surface area contributed by atoms with E-state index in [1.807, 2.05) is 11.3 Å². The van der Waals surface area contributed by atoms with Crippen molar-refractivity contribution in [2.24, 2.45) is 17.8 Å². The van der Waals surface area contributed by atoms with Crippen LogP contribution in [0.25, 0.3) is 10.2 Å². The molecular weight excluding hydrogens is 510 g/mol. The number of piperazine rings is 1. The van der Waals surface area contributed by atoms with Crippen molar-refractivity contribution in [2.75, 3.05) is 44.2 Å². The summed E-state index contributed by atoms with van der Waals surface area (Å²) in [7, 11) is 0. The lowest BCUT2D eigenvalue weighted by Crippen LogP contribution is -2.53. The number of anilines is 1. The van der Waals surface area contributed by atoms with Gasteiger partial charge >= 0.3 is 0 Å². The summed E-state index contributed by atoms with van der Waals surface area (Å²) in [5.41, 5.74) is 1.80. The van der Waals surface area contributed by atoms with Crippen LogP contribution in [-0.2, 0) is 23.0 Å². The van der Waals surface area contributed by atoms with Crippen LogP contribution in [0, 0.1) is 17.8 Å². The van der Waals surface area contributed by atoms with Crippen molar-refractivity contribution in [2.45, 2.75) is 88.6 Å². The van der Waals surface area contributed by atoms with Crippen LogP contribution in [0.4, 0.5) is 5.82 Å². The number of hydrogen-bond acceptors (Lipinski definition) is 6. The van der Waals surface area contributed by atoms with E-state index in [1.165, 1.54) is 92.5 Å². The lowest BCUT2D eigenvalue weighted by molar-refractivity contribution is -0.00918. The second-order valence-corrected chi connectivity index (χ2v) is 14.7. The zero-order valence-electron chi connectivity index (χ0n) is 22.6. The Hall–Kier alpha value is -1.51. The monoisotopic (exact) mass is 551 g/mol. The van der Waals surface area contributed by atoms with Crippen molar-refractivity contribution in [3.05, 3.63) is 16.3 Å². The molecule has 2 saturated heterocycles. The van der Waals surface area contributed by atoms with Gasteiger partial charge in [-0.1, -0.05) is 0 Å². The number of thiophene rings is 1. The van der Waals surface area contributed by atoms with Gasteiger partial charge in [0.15, 0.2) is 5.11 Å². The number of thiocarbonyl (C=S) groups is 1. The number of aromatic nitrogens is 2. The van der Waals surface area contributed by atoms with Gasteiger partial charge in [0.2, 0.25) is 0 Å². The second-order valence-electron chi connectivity index (χ2n) is 13.3. The standard InChI is InChI=1S/C30H41N5OS2/c37-29(31-18-22-4-3-11-36-22)35-9-7-34(8-10-35)26-25-23-5-1-2-6-24(23)38-27(25)33-28(32-26)30-15-19-12-20(16-30)14-21(13-19)17-30/h19-22H,1-18H2,(H,31,37)/t19?,20?,21?,22-,30?/m1/s1. The van der Waals surface area contributed by atoms with Crippen molar-refractivity contribution in [1.29, 1.82) is 0 Å². The molecule has 7 aliphatic rings. The summed E-state index contributed by atoms with van der Waals surface area (Å²) in [5, 5.41) is 5.77. The van der Waals surface area contributed by atoms with Gasteiger partial charge in [0.05, 0.1) is 11.5 Å². The number of fused-ring (bicyclic) bond motifs is 3. The number of rotatable bonds is 4. The largest absolute Gasteiger partial charge is 0.376 e. The maximum atomic E-state index is 5.79. The van der Waals surface area contributed by atoms with Crippen LogP contribution < -0.4 is 10.2 Å². The number of nitrogens with zero attached hydrogens (tertiary/aromatic N) is 4. The molecular formula is C30H41N5OS2. The van der Waals surface area contributed by atoms with Crippen molar-refractivity contribution in [3.8, 4) is 0 Å². The molecule has 0 spiro atoms. The molecule has 2 aromatic heterocycles. The Morgan fingerprint density at radius 2 is 1.71 bits per heavy atom. The van der Waals surface area contributed by atoms with Crippen LogP contribution in [-0.4, -0.2) is 65.4 Å². The van der Waals surface area contributed by atoms with Crippen molar-refractivity contribution in [3.63, 3.8) is 0 Å². The molecule has 0 radical (unpaired) electrons. The Labute approximate surface area is 235 Å². The lowest BCUT2D eigenvalue weighted by Gasteiger charge is -2.56. The highest BCUT2D eigenvalue weighted by molar-refractivity contribution is 7.80. The van der Waals surface area contributed by atoms with Crippen LogP contribution >= 0.6 is 23.6 Å². The SMILES string of the molecule is S=C(NC[C@H]1CCCO1)N1CCN(c2nc(C34CC5CC(CC(C5)C3)C4)nc3sc4c(c23)CCCC4)CC1. The van der Waals surface area contributed by atoms with Crippen LogP contribution in [0.15, 0.2) is 0 Å². The molecule has 0 aromatic carbocycles. The van der Waals surface area contributed by atoms with Crippen LogP contribution in [0.2, 0.25) is 0 Å². The van der Waals surface area contributed by atoms with E-state index in [4.69, 9.17) is 26.9 Å². The molecule has 1 N–H and O–H groups in total. The zero-order chi connectivity index (χ0) is 25.3. The highest BCUT2D eigenvalue weighted by Gasteiger charge is 2.53. The third-order valence-corrected chi connectivity index (χ3v) is 12.3. The summed E-state index contributed by atoms with van der Waals surface area (Å²) in [4.78, 5) is 18.8. The summed E-state index contributed by atoms with van der Waals surface area (Å²) in [5.74, 6) is 5.18. The lowest BCUT2D eigenvalue weighted by atomic mass is 9.49. The van der Waals surface area contributed by atoms with Gasteiger partial charge in [-0.25, -0.2) is 9.97 Å². The van der Waals surface area contributed by atoms with E-state index in [1.54, 1.807) is 10.4 Å². The number of aryl methyl sites for hydroxylation is 2. The second kappa shape index (κ2) is 9.55. The van der Waals surface area contributed by atoms with E-state index in [2.05, 4.69) is 15.1 Å². The zero-order valence-corrected chi connectivity index (χ0v) is 24.2. The first-order chi connectivity index (χ1) is 18.6. The van der Waals surface area contributed by atoms with Crippen LogP contribution in [0.1, 0.15) is 80.5 Å². The molecule has 6 fully saturated rings. The molecule has 5 aliphatic carbocycles. The average molecular weight is 552 g/mol. The topological polar surface area (TPSA) is 53.5 Å². The fourth-order valence-corrected chi connectivity index (χ4v) is 10.8. The van der Waals surface area contributed by atoms with Crippen molar-refractivity contribution >= 4 is 44.7 Å². The molecule has 38 heavy (non-hydrogen) atoms. The van der Waals surface area contributed by atoms with E-state index >= 15 is 0 Å². The molecule has 6 nitrogen and oxygen atoms in total. The molecule has 4 heterocycles. The number of nitrogens with one attached hydrogen (secondary N) is 1. The van der Waals surface area contributed by atoms with E-state index in [-0.39, 0.29) is 5.41 Å². The maximum Gasteiger partial charge on any atom is 0.169 e. The Morgan fingerprint density at radius 3 is 2.42 bits per heavy atom. The van der Waals surface area contributed by atoms with E-state index in [0.717, 1.165) is 68.6 Å². The summed E-state index contributed by atoms with van der Waals surface area (Å²) in [6, 6.07) is 0. The first-order valence-corrected chi connectivity index (χ1v) is 16.6. The van der Waals surface area contributed by atoms with E-state index in [9.17, 15) is 0 Å². The van der Waals surface area contributed by atoms with E-state index < -0.39 is 0 Å². The fraction of sp³-hybridized carbons (Fsp3) is 0.767. The summed E-state index contributed by atoms with van der Waals surface area (Å²) >= 11 is 7.78. The Morgan fingerprint density at radius 1 is 0.974 bits per heavy atom. The minimum absolute atomic E-state index is 0.234. The molecule has 204 valence electrons. The first kappa shape index (κ1) is 24.3. The molecule has 4 saturated carbocycles. The van der Waals surface area contributed by atoms with Crippen LogP contribution in [0.3, 0.4) is 0 Å². The first-order valence-electron chi connectivity index (χ1n) is 15.4. The summed E-state index contributed by atoms with van der Waals surface area (Å²) in [6.45, 7) is 5.56. The highest BCUT2D eigenvalue weighted by atomic mass is 32.1. The number of hydrogen-bond donors (Lipinski definition) is 1. The van der Waals surface area contributed by atoms with E-state index in [0.29, 0.717) is 6.10 Å². The average Bonchev–Trinajstić information content (AvgIpc) is 3.58. The third-order valence-electron chi connectivity index (χ3n) is 10.7. The Balaban J connectivity index is 1.08. The van der Waals surface area contributed by atoms with Gasteiger partial charge in [-0.3, -0.25) is 0 Å². The van der Waals surface area contributed by atoms with Crippen molar-refractivity contribution in [1.82, 2.24) is 20.2 Å². The van der Waals surface area contributed by atoms with Gasteiger partial charge in [-0.05, 0) is 113 Å². The van der Waals surface area contributed by atoms with Crippen molar-refractivity contribution < 1.29 is 4.74 Å². The molecule has 4 bridgehead atoms. The van der Waals surface area contributed by atoms with Gasteiger partial charge < -0.3 is 19.9 Å². The fourth-order valence-electron chi connectivity index (χ4n) is 9.23. The minimum atomic E-state index is 0.234. The van der Waals surface area contributed by atoms with Gasteiger partial charge in [-0.15, -0.1) is 11.3 Å². The molecule has 2 aliphatic heterocycles. The molecule has 9 rings (SSSR count). The van der Waals surface area contributed by atoms with Crippen LogP contribution in [0.5, 0.6) is 0 Å². The van der Waals surface area contributed by atoms with Gasteiger partial charge in [0.1, 0.15) is 16.5 Å². The summed E-state index contributed by atoms with van der Waals surface area (Å²) in [6.07, 6.45) is 16.0.